The van der Waals surface area contributed by atoms with Gasteiger partial charge in [-0.1, -0.05) is 12.1 Å². The Kier molecular flexibility index (Phi) is 4.31. The molecular formula is C15H22BFN2O2. The van der Waals surface area contributed by atoms with Crippen molar-refractivity contribution in [2.45, 2.75) is 37.9 Å². The molecule has 2 aliphatic rings. The van der Waals surface area contributed by atoms with Gasteiger partial charge in [0.05, 0.1) is 0 Å². The fraction of sp³-hybridized carbons (Fsp3) is 0.600. The highest BCUT2D eigenvalue weighted by molar-refractivity contribution is 6.58. The van der Waals surface area contributed by atoms with Crippen LogP contribution in [0.3, 0.4) is 0 Å². The fourth-order valence-corrected chi connectivity index (χ4v) is 3.62. The maximum atomic E-state index is 14.1. The summed E-state index contributed by atoms with van der Waals surface area (Å²) in [7, 11) is 0.584. The molecule has 3 rings (SSSR count). The van der Waals surface area contributed by atoms with Crippen LogP contribution in [-0.2, 0) is 6.54 Å². The topological polar surface area (TPSA) is 46.9 Å². The largest absolute Gasteiger partial charge is 0.488 e. The van der Waals surface area contributed by atoms with E-state index in [0.717, 1.165) is 19.5 Å². The molecule has 21 heavy (non-hydrogen) atoms. The van der Waals surface area contributed by atoms with E-state index >= 15 is 0 Å². The van der Waals surface area contributed by atoms with Crippen molar-refractivity contribution in [1.82, 2.24) is 9.80 Å². The molecule has 6 heteroatoms. The van der Waals surface area contributed by atoms with Crippen LogP contribution >= 0.6 is 0 Å². The van der Waals surface area contributed by atoms with E-state index in [1.807, 2.05) is 0 Å². The summed E-state index contributed by atoms with van der Waals surface area (Å²) in [6.45, 7) is 2.57. The lowest BCUT2D eigenvalue weighted by Crippen LogP contribution is -2.36. The molecule has 2 atom stereocenters. The van der Waals surface area contributed by atoms with Crippen LogP contribution in [0.5, 0.6) is 0 Å². The molecule has 2 heterocycles. The van der Waals surface area contributed by atoms with Crippen LogP contribution in [0, 0.1) is 5.82 Å². The van der Waals surface area contributed by atoms with Gasteiger partial charge in [-0.2, -0.15) is 0 Å². The van der Waals surface area contributed by atoms with Crippen molar-refractivity contribution < 1.29 is 14.4 Å². The molecule has 2 bridgehead atoms. The van der Waals surface area contributed by atoms with E-state index in [0.29, 0.717) is 24.2 Å². The fourth-order valence-electron chi connectivity index (χ4n) is 3.62. The standard InChI is InChI=1S/C15H22BFN2O2/c1-18-13-4-5-14(18)10-19(7-6-13)9-11-2-3-12(16(20)21)8-15(11)17/h2-3,8,13-14,20-21H,4-7,9-10H2,1H3. The molecule has 4 nitrogen and oxygen atoms in total. The Labute approximate surface area is 125 Å². The number of hydrogen-bond donors (Lipinski definition) is 2. The number of nitrogens with zero attached hydrogens (tertiary/aromatic N) is 2. The van der Waals surface area contributed by atoms with Gasteiger partial charge in [0.15, 0.2) is 0 Å². The molecule has 114 valence electrons. The predicted molar refractivity (Wildman–Crippen MR) is 80.7 cm³/mol. The molecule has 0 saturated carbocycles. The average Bonchev–Trinajstić information content (AvgIpc) is 2.68. The van der Waals surface area contributed by atoms with Gasteiger partial charge in [-0.25, -0.2) is 4.39 Å². The van der Waals surface area contributed by atoms with Crippen molar-refractivity contribution in [3.8, 4) is 0 Å². The molecular weight excluding hydrogens is 270 g/mol. The first-order valence-electron chi connectivity index (χ1n) is 7.63. The maximum Gasteiger partial charge on any atom is 0.488 e. The van der Waals surface area contributed by atoms with Crippen molar-refractivity contribution in [2.75, 3.05) is 20.1 Å². The molecule has 1 aromatic carbocycles. The predicted octanol–water partition coefficient (Wildman–Crippen LogP) is 0.174. The maximum absolute atomic E-state index is 14.1. The summed E-state index contributed by atoms with van der Waals surface area (Å²) in [4.78, 5) is 4.79. The van der Waals surface area contributed by atoms with Crippen LogP contribution in [0.25, 0.3) is 0 Å². The van der Waals surface area contributed by atoms with Crippen LogP contribution in [0.15, 0.2) is 18.2 Å². The van der Waals surface area contributed by atoms with Crippen LogP contribution in [0.1, 0.15) is 24.8 Å². The third-order valence-corrected chi connectivity index (χ3v) is 5.00. The minimum atomic E-state index is -1.61. The minimum absolute atomic E-state index is 0.200. The van der Waals surface area contributed by atoms with E-state index in [4.69, 9.17) is 10.0 Å². The molecule has 0 amide bonds. The summed E-state index contributed by atoms with van der Waals surface area (Å²) < 4.78 is 14.1. The van der Waals surface area contributed by atoms with Gasteiger partial charge in [0.2, 0.25) is 0 Å². The highest BCUT2D eigenvalue weighted by Gasteiger charge is 2.34. The molecule has 1 aromatic rings. The van der Waals surface area contributed by atoms with Gasteiger partial charge in [0.25, 0.3) is 0 Å². The van der Waals surface area contributed by atoms with Crippen LogP contribution in [-0.4, -0.2) is 59.2 Å². The van der Waals surface area contributed by atoms with Gasteiger partial charge in [-0.3, -0.25) is 9.80 Å². The summed E-state index contributed by atoms with van der Waals surface area (Å²) in [6, 6.07) is 5.72. The first kappa shape index (κ1) is 15.0. The summed E-state index contributed by atoms with van der Waals surface area (Å²) in [5.74, 6) is -0.358. The Balaban J connectivity index is 1.69. The van der Waals surface area contributed by atoms with E-state index in [1.165, 1.54) is 18.9 Å². The Morgan fingerprint density at radius 3 is 2.71 bits per heavy atom. The van der Waals surface area contributed by atoms with Crippen LogP contribution in [0.2, 0.25) is 0 Å². The number of fused-ring (bicyclic) bond motifs is 2. The second-order valence-corrected chi connectivity index (χ2v) is 6.30. The van der Waals surface area contributed by atoms with E-state index in [9.17, 15) is 4.39 Å². The first-order valence-corrected chi connectivity index (χ1v) is 7.63. The molecule has 2 unspecified atom stereocenters. The SMILES string of the molecule is CN1C2CCC1CN(Cc1ccc(B(O)O)cc1F)CC2. The lowest BCUT2D eigenvalue weighted by atomic mass is 9.80. The third-order valence-electron chi connectivity index (χ3n) is 5.00. The van der Waals surface area contributed by atoms with Crippen molar-refractivity contribution in [3.05, 3.63) is 29.6 Å². The van der Waals surface area contributed by atoms with Gasteiger partial charge in [-0.15, -0.1) is 0 Å². The molecule has 2 N–H and O–H groups in total. The van der Waals surface area contributed by atoms with E-state index in [1.54, 1.807) is 12.1 Å². The normalized spacial score (nSPS) is 26.9. The smallest absolute Gasteiger partial charge is 0.423 e. The zero-order chi connectivity index (χ0) is 15.0. The highest BCUT2D eigenvalue weighted by atomic mass is 19.1. The third kappa shape index (κ3) is 3.13. The molecule has 2 saturated heterocycles. The lowest BCUT2D eigenvalue weighted by molar-refractivity contribution is 0.213. The summed E-state index contributed by atoms with van der Waals surface area (Å²) >= 11 is 0. The summed E-state index contributed by atoms with van der Waals surface area (Å²) in [5.41, 5.74) is 0.825. The lowest BCUT2D eigenvalue weighted by Gasteiger charge is -2.25. The quantitative estimate of drug-likeness (QED) is 0.780. The monoisotopic (exact) mass is 292 g/mol. The van der Waals surface area contributed by atoms with Gasteiger partial charge in [-0.05, 0) is 37.8 Å². The number of benzene rings is 1. The Morgan fingerprint density at radius 1 is 1.24 bits per heavy atom. The molecule has 0 spiro atoms. The molecule has 2 aliphatic heterocycles. The number of likely N-dealkylation sites (tertiary alicyclic amines) is 1. The van der Waals surface area contributed by atoms with Crippen LogP contribution in [0.4, 0.5) is 4.39 Å². The zero-order valence-electron chi connectivity index (χ0n) is 12.4. The van der Waals surface area contributed by atoms with Crippen molar-refractivity contribution in [2.24, 2.45) is 0 Å². The van der Waals surface area contributed by atoms with Gasteiger partial charge >= 0.3 is 7.12 Å². The molecule has 0 aliphatic carbocycles. The number of halogens is 1. The number of likely N-dealkylation sites (N-methyl/N-ethyl adjacent to an activating group) is 1. The van der Waals surface area contributed by atoms with Crippen molar-refractivity contribution >= 4 is 12.6 Å². The van der Waals surface area contributed by atoms with E-state index in [-0.39, 0.29) is 11.3 Å². The number of hydrogen-bond acceptors (Lipinski definition) is 4. The van der Waals surface area contributed by atoms with Gasteiger partial charge in [0.1, 0.15) is 5.82 Å². The Hall–Kier alpha value is -0.945. The van der Waals surface area contributed by atoms with E-state index in [2.05, 4.69) is 16.8 Å². The van der Waals surface area contributed by atoms with Crippen molar-refractivity contribution in [3.63, 3.8) is 0 Å². The first-order chi connectivity index (χ1) is 10.0. The second kappa shape index (κ2) is 6.05. The summed E-state index contributed by atoms with van der Waals surface area (Å²) in [6.07, 6.45) is 3.66. The molecule has 2 fully saturated rings. The molecule has 0 radical (unpaired) electrons. The number of rotatable bonds is 3. The zero-order valence-corrected chi connectivity index (χ0v) is 12.4. The average molecular weight is 292 g/mol. The van der Waals surface area contributed by atoms with Gasteiger partial charge in [0, 0.05) is 37.3 Å². The minimum Gasteiger partial charge on any atom is -0.423 e. The van der Waals surface area contributed by atoms with Gasteiger partial charge < -0.3 is 10.0 Å². The highest BCUT2D eigenvalue weighted by Crippen LogP contribution is 2.29. The van der Waals surface area contributed by atoms with Crippen molar-refractivity contribution in [1.29, 1.82) is 0 Å². The Bertz CT molecular complexity index is 514. The Morgan fingerprint density at radius 2 is 2.00 bits per heavy atom. The second-order valence-electron chi connectivity index (χ2n) is 6.30. The molecule has 0 aromatic heterocycles. The van der Waals surface area contributed by atoms with Crippen LogP contribution < -0.4 is 5.46 Å². The summed E-state index contributed by atoms with van der Waals surface area (Å²) in [5, 5.41) is 18.1. The van der Waals surface area contributed by atoms with E-state index < -0.39 is 7.12 Å².